The molecule has 1 fully saturated rings. The monoisotopic (exact) mass is 323 g/mol. The predicted molar refractivity (Wildman–Crippen MR) is 84.1 cm³/mol. The summed E-state index contributed by atoms with van der Waals surface area (Å²) in [6.07, 6.45) is 0.482. The summed E-state index contributed by atoms with van der Waals surface area (Å²) in [6.45, 7) is 5.84. The van der Waals surface area contributed by atoms with Gasteiger partial charge in [-0.2, -0.15) is 0 Å². The fraction of sp³-hybridized carbons (Fsp3) is 0.562. The zero-order chi connectivity index (χ0) is 16.1. The Balaban J connectivity index is 1.86. The minimum Gasteiger partial charge on any atom is -0.489 e. The summed E-state index contributed by atoms with van der Waals surface area (Å²) in [7, 11) is -3.06. The van der Waals surface area contributed by atoms with E-state index in [1.165, 1.54) is 0 Å². The molecule has 2 aliphatic rings. The quantitative estimate of drug-likeness (QED) is 0.902. The first-order valence-corrected chi connectivity index (χ1v) is 9.35. The third kappa shape index (κ3) is 2.60. The van der Waals surface area contributed by atoms with Crippen LogP contribution >= 0.6 is 0 Å². The molecule has 6 heteroatoms. The Morgan fingerprint density at radius 2 is 2.09 bits per heavy atom. The van der Waals surface area contributed by atoms with Crippen LogP contribution in [-0.4, -0.2) is 37.5 Å². The maximum Gasteiger partial charge on any atom is 0.255 e. The molecule has 3 rings (SSSR count). The molecule has 0 radical (unpaired) electrons. The number of fused-ring (bicyclic) bond motifs is 1. The molecule has 3 atom stereocenters. The van der Waals surface area contributed by atoms with Crippen molar-refractivity contribution < 1.29 is 17.9 Å². The summed E-state index contributed by atoms with van der Waals surface area (Å²) < 4.78 is 29.2. The van der Waals surface area contributed by atoms with Crippen LogP contribution < -0.4 is 10.1 Å². The first kappa shape index (κ1) is 15.3. The third-order valence-corrected chi connectivity index (χ3v) is 6.61. The van der Waals surface area contributed by atoms with E-state index in [2.05, 4.69) is 12.2 Å². The van der Waals surface area contributed by atoms with E-state index in [0.717, 1.165) is 5.56 Å². The van der Waals surface area contributed by atoms with Gasteiger partial charge >= 0.3 is 0 Å². The maximum absolute atomic E-state index is 12.6. The van der Waals surface area contributed by atoms with Crippen molar-refractivity contribution >= 4 is 15.7 Å². The smallest absolute Gasteiger partial charge is 0.255 e. The summed E-state index contributed by atoms with van der Waals surface area (Å²) in [5, 5.41) is 2.89. The Hall–Kier alpha value is -1.56. The minimum atomic E-state index is -3.06. The van der Waals surface area contributed by atoms with Crippen molar-refractivity contribution in [2.45, 2.75) is 44.8 Å². The molecule has 5 nitrogen and oxygen atoms in total. The van der Waals surface area contributed by atoms with Crippen LogP contribution in [0.1, 0.15) is 49.0 Å². The molecule has 0 aliphatic carbocycles. The van der Waals surface area contributed by atoms with Crippen molar-refractivity contribution in [2.24, 2.45) is 0 Å². The molecule has 1 amide bonds. The van der Waals surface area contributed by atoms with Crippen molar-refractivity contribution in [2.75, 3.05) is 11.5 Å². The number of rotatable bonds is 2. The van der Waals surface area contributed by atoms with Gasteiger partial charge in [0.2, 0.25) is 0 Å². The van der Waals surface area contributed by atoms with Gasteiger partial charge in [0.15, 0.2) is 9.84 Å². The number of para-hydroxylation sites is 1. The van der Waals surface area contributed by atoms with Gasteiger partial charge in [0.25, 0.3) is 5.91 Å². The van der Waals surface area contributed by atoms with Gasteiger partial charge in [-0.05, 0) is 26.3 Å². The third-order valence-electron chi connectivity index (χ3n) is 4.71. The summed E-state index contributed by atoms with van der Waals surface area (Å²) >= 11 is 0. The summed E-state index contributed by atoms with van der Waals surface area (Å²) in [4.78, 5) is 12.6. The fourth-order valence-electron chi connectivity index (χ4n) is 3.22. The number of hydrogen-bond acceptors (Lipinski definition) is 4. The van der Waals surface area contributed by atoms with Gasteiger partial charge < -0.3 is 10.1 Å². The molecular weight excluding hydrogens is 302 g/mol. The minimum absolute atomic E-state index is 0.00553. The van der Waals surface area contributed by atoms with Crippen LogP contribution in [0.25, 0.3) is 0 Å². The largest absolute Gasteiger partial charge is 0.489 e. The number of carbonyl (C=O) groups is 1. The second-order valence-electron chi connectivity index (χ2n) is 6.69. The highest BCUT2D eigenvalue weighted by atomic mass is 32.2. The molecule has 1 aromatic rings. The van der Waals surface area contributed by atoms with Crippen molar-refractivity contribution in [3.05, 3.63) is 29.3 Å². The lowest BCUT2D eigenvalue weighted by Gasteiger charge is -2.24. The lowest BCUT2D eigenvalue weighted by atomic mass is 9.96. The van der Waals surface area contributed by atoms with Gasteiger partial charge in [0.05, 0.1) is 22.6 Å². The van der Waals surface area contributed by atoms with E-state index in [4.69, 9.17) is 4.74 Å². The first-order chi connectivity index (χ1) is 10.2. The van der Waals surface area contributed by atoms with E-state index in [1.54, 1.807) is 13.0 Å². The Kier molecular flexibility index (Phi) is 3.47. The van der Waals surface area contributed by atoms with Crippen LogP contribution in [0.4, 0.5) is 0 Å². The molecule has 1 saturated heterocycles. The number of amides is 1. The Morgan fingerprint density at radius 3 is 2.73 bits per heavy atom. The summed E-state index contributed by atoms with van der Waals surface area (Å²) in [5.41, 5.74) is 0.817. The van der Waals surface area contributed by atoms with Crippen molar-refractivity contribution in [1.29, 1.82) is 0 Å². The second kappa shape index (κ2) is 4.98. The van der Waals surface area contributed by atoms with Crippen LogP contribution in [0.3, 0.4) is 0 Å². The first-order valence-electron chi connectivity index (χ1n) is 7.53. The topological polar surface area (TPSA) is 72.5 Å². The van der Waals surface area contributed by atoms with E-state index in [9.17, 15) is 13.2 Å². The molecule has 2 heterocycles. The molecule has 0 spiro atoms. The summed E-state index contributed by atoms with van der Waals surface area (Å²) in [5.74, 6) is 0.725. The number of carbonyl (C=O) groups excluding carboxylic acids is 1. The molecule has 22 heavy (non-hydrogen) atoms. The summed E-state index contributed by atoms with van der Waals surface area (Å²) in [6, 6.07) is 5.55. The van der Waals surface area contributed by atoms with Crippen molar-refractivity contribution in [3.8, 4) is 5.75 Å². The molecular formula is C16H21NO4S. The lowest BCUT2D eigenvalue weighted by molar-refractivity contribution is 0.0910. The average molecular weight is 323 g/mol. The van der Waals surface area contributed by atoms with Crippen LogP contribution in [0.2, 0.25) is 0 Å². The molecule has 0 aromatic heterocycles. The number of hydrogen-bond donors (Lipinski definition) is 1. The zero-order valence-electron chi connectivity index (χ0n) is 13.0. The zero-order valence-corrected chi connectivity index (χ0v) is 13.9. The van der Waals surface area contributed by atoms with Crippen molar-refractivity contribution in [3.63, 3.8) is 0 Å². The van der Waals surface area contributed by atoms with Gasteiger partial charge in [-0.3, -0.25) is 4.79 Å². The van der Waals surface area contributed by atoms with Gasteiger partial charge in [-0.15, -0.1) is 0 Å². The molecule has 120 valence electrons. The lowest BCUT2D eigenvalue weighted by Crippen LogP contribution is -2.47. The Morgan fingerprint density at radius 1 is 1.36 bits per heavy atom. The van der Waals surface area contributed by atoms with Gasteiger partial charge in [-0.25, -0.2) is 8.42 Å². The van der Waals surface area contributed by atoms with E-state index < -0.39 is 15.4 Å². The van der Waals surface area contributed by atoms with E-state index >= 15 is 0 Å². The van der Waals surface area contributed by atoms with Crippen LogP contribution in [0.15, 0.2) is 18.2 Å². The van der Waals surface area contributed by atoms with Crippen LogP contribution in [0.5, 0.6) is 5.75 Å². The van der Waals surface area contributed by atoms with Gasteiger partial charge in [0.1, 0.15) is 11.9 Å². The van der Waals surface area contributed by atoms with Crippen LogP contribution in [0, 0.1) is 0 Å². The fourth-order valence-corrected chi connectivity index (χ4v) is 5.31. The van der Waals surface area contributed by atoms with Gasteiger partial charge in [0, 0.05) is 11.5 Å². The number of nitrogens with one attached hydrogen (secondary N) is 1. The van der Waals surface area contributed by atoms with Crippen LogP contribution in [-0.2, 0) is 9.84 Å². The van der Waals surface area contributed by atoms with Crippen molar-refractivity contribution in [1.82, 2.24) is 5.32 Å². The highest BCUT2D eigenvalue weighted by Crippen LogP contribution is 2.40. The standard InChI is InChI=1S/C16H21NO4S/c1-10-11(2)21-14-12(10)5-4-6-13(14)15(18)17-16(3)7-8-22(19,20)9-16/h4-6,10-11H,7-9H2,1-3H3,(H,17,18)/t10-,11+,16+/m1/s1. The molecule has 2 aliphatic heterocycles. The van der Waals surface area contributed by atoms with E-state index in [0.29, 0.717) is 17.7 Å². The normalized spacial score (nSPS) is 32.3. The predicted octanol–water partition coefficient (Wildman–Crippen LogP) is 1.88. The molecule has 0 unspecified atom stereocenters. The Bertz CT molecular complexity index is 728. The molecule has 1 N–H and O–H groups in total. The number of sulfone groups is 1. The second-order valence-corrected chi connectivity index (χ2v) is 8.88. The maximum atomic E-state index is 12.6. The average Bonchev–Trinajstić information content (AvgIpc) is 2.86. The van der Waals surface area contributed by atoms with Gasteiger partial charge in [-0.1, -0.05) is 19.1 Å². The highest BCUT2D eigenvalue weighted by molar-refractivity contribution is 7.91. The molecule has 1 aromatic carbocycles. The van der Waals surface area contributed by atoms with E-state index in [1.807, 2.05) is 19.1 Å². The number of benzene rings is 1. The molecule has 0 bridgehead atoms. The molecule has 0 saturated carbocycles. The Labute approximate surface area is 131 Å². The van der Waals surface area contributed by atoms with E-state index in [-0.39, 0.29) is 29.4 Å². The highest BCUT2D eigenvalue weighted by Gasteiger charge is 2.40. The number of ether oxygens (including phenoxy) is 1. The SMILES string of the molecule is C[C@@H]1Oc2c(C(=O)N[C@@]3(C)CCS(=O)(=O)C3)cccc2[C@@H]1C.